The number of para-hydroxylation sites is 1. The first kappa shape index (κ1) is 14.9. The molecule has 18 heavy (non-hydrogen) atoms. The van der Waals surface area contributed by atoms with Gasteiger partial charge in [0.05, 0.1) is 6.61 Å². The van der Waals surface area contributed by atoms with Gasteiger partial charge in [-0.2, -0.15) is 0 Å². The van der Waals surface area contributed by atoms with Crippen LogP contribution in [0.15, 0.2) is 24.3 Å². The summed E-state index contributed by atoms with van der Waals surface area (Å²) in [6, 6.07) is 8.26. The molecular weight excluding hydrogens is 244 g/mol. The van der Waals surface area contributed by atoms with Crippen molar-refractivity contribution in [2.24, 2.45) is 5.73 Å². The van der Waals surface area contributed by atoms with Gasteiger partial charge in [-0.25, -0.2) is 0 Å². The van der Waals surface area contributed by atoms with E-state index in [0.29, 0.717) is 17.6 Å². The van der Waals surface area contributed by atoms with Crippen molar-refractivity contribution in [3.05, 3.63) is 29.8 Å². The molecule has 0 saturated carbocycles. The molecule has 1 aromatic carbocycles. The molecule has 3 N–H and O–H groups in total. The Hall–Kier alpha value is -1.13. The minimum Gasteiger partial charge on any atom is -0.395 e. The van der Waals surface area contributed by atoms with Crippen molar-refractivity contribution in [3.8, 4) is 0 Å². The number of rotatable bonds is 7. The van der Waals surface area contributed by atoms with Crippen LogP contribution < -0.4 is 10.6 Å². The molecular formula is C14H22N2OS. The van der Waals surface area contributed by atoms with Crippen LogP contribution in [0.4, 0.5) is 5.69 Å². The van der Waals surface area contributed by atoms with Gasteiger partial charge in [0.25, 0.3) is 0 Å². The summed E-state index contributed by atoms with van der Waals surface area (Å²) >= 11 is 5.10. The topological polar surface area (TPSA) is 49.5 Å². The van der Waals surface area contributed by atoms with Gasteiger partial charge in [-0.3, -0.25) is 0 Å². The Morgan fingerprint density at radius 3 is 2.44 bits per heavy atom. The van der Waals surface area contributed by atoms with Crippen LogP contribution in [-0.4, -0.2) is 29.3 Å². The lowest BCUT2D eigenvalue weighted by Gasteiger charge is -2.33. The summed E-state index contributed by atoms with van der Waals surface area (Å²) in [5, 5.41) is 9.26. The Labute approximate surface area is 115 Å². The van der Waals surface area contributed by atoms with E-state index >= 15 is 0 Å². The fourth-order valence-electron chi connectivity index (χ4n) is 2.27. The second-order valence-electron chi connectivity index (χ2n) is 4.27. The number of benzene rings is 1. The molecule has 100 valence electrons. The number of hydrogen-bond acceptors (Lipinski definition) is 3. The van der Waals surface area contributed by atoms with Crippen LogP contribution in [0, 0.1) is 0 Å². The second kappa shape index (κ2) is 7.34. The summed E-state index contributed by atoms with van der Waals surface area (Å²) in [5.41, 5.74) is 7.68. The van der Waals surface area contributed by atoms with Crippen LogP contribution in [0.1, 0.15) is 32.3 Å². The molecule has 0 saturated heterocycles. The van der Waals surface area contributed by atoms with E-state index in [-0.39, 0.29) is 6.61 Å². The smallest absolute Gasteiger partial charge is 0.106 e. The van der Waals surface area contributed by atoms with Gasteiger partial charge < -0.3 is 15.7 Å². The predicted octanol–water partition coefficient (Wildman–Crippen LogP) is 2.31. The predicted molar refractivity (Wildman–Crippen MR) is 81.1 cm³/mol. The van der Waals surface area contributed by atoms with Gasteiger partial charge in [0.1, 0.15) is 4.99 Å². The molecule has 0 aliphatic rings. The van der Waals surface area contributed by atoms with Gasteiger partial charge in [-0.15, -0.1) is 0 Å². The lowest BCUT2D eigenvalue weighted by atomic mass is 10.1. The molecule has 0 aliphatic carbocycles. The monoisotopic (exact) mass is 266 g/mol. The highest BCUT2D eigenvalue weighted by Gasteiger charge is 2.18. The lowest BCUT2D eigenvalue weighted by molar-refractivity contribution is 0.296. The zero-order valence-electron chi connectivity index (χ0n) is 11.1. The van der Waals surface area contributed by atoms with E-state index in [2.05, 4.69) is 18.7 Å². The van der Waals surface area contributed by atoms with E-state index < -0.39 is 0 Å². The summed E-state index contributed by atoms with van der Waals surface area (Å²) in [6.45, 7) is 5.04. The number of anilines is 1. The third kappa shape index (κ3) is 3.43. The Bertz CT molecular complexity index is 391. The van der Waals surface area contributed by atoms with Gasteiger partial charge in [0.15, 0.2) is 0 Å². The van der Waals surface area contributed by atoms with E-state index in [1.165, 1.54) is 0 Å². The maximum Gasteiger partial charge on any atom is 0.106 e. The first-order valence-electron chi connectivity index (χ1n) is 6.42. The minimum absolute atomic E-state index is 0.127. The van der Waals surface area contributed by atoms with Crippen molar-refractivity contribution in [2.75, 3.05) is 18.1 Å². The fourth-order valence-corrected chi connectivity index (χ4v) is 2.44. The maximum absolute atomic E-state index is 9.26. The van der Waals surface area contributed by atoms with Gasteiger partial charge in [0.2, 0.25) is 0 Å². The molecule has 0 atom stereocenters. The number of hydrogen-bond donors (Lipinski definition) is 2. The molecule has 4 heteroatoms. The molecule has 0 unspecified atom stereocenters. The van der Waals surface area contributed by atoms with Gasteiger partial charge in [0, 0.05) is 23.8 Å². The zero-order chi connectivity index (χ0) is 13.5. The Morgan fingerprint density at radius 2 is 1.94 bits per heavy atom. The molecule has 0 amide bonds. The van der Waals surface area contributed by atoms with Crippen LogP contribution in [0.25, 0.3) is 0 Å². The highest BCUT2D eigenvalue weighted by Crippen LogP contribution is 2.24. The van der Waals surface area contributed by atoms with E-state index in [1.807, 2.05) is 24.3 Å². The van der Waals surface area contributed by atoms with E-state index in [1.54, 1.807) is 0 Å². The molecule has 0 fully saturated rings. The van der Waals surface area contributed by atoms with Crippen molar-refractivity contribution in [1.29, 1.82) is 0 Å². The zero-order valence-corrected chi connectivity index (χ0v) is 11.9. The molecule has 0 heterocycles. The summed E-state index contributed by atoms with van der Waals surface area (Å²) in [5.74, 6) is 0. The molecule has 1 rings (SSSR count). The Balaban J connectivity index is 3.16. The van der Waals surface area contributed by atoms with Crippen molar-refractivity contribution in [1.82, 2.24) is 0 Å². The van der Waals surface area contributed by atoms with Crippen LogP contribution >= 0.6 is 12.2 Å². The highest BCUT2D eigenvalue weighted by molar-refractivity contribution is 7.80. The molecule has 0 aliphatic heterocycles. The summed E-state index contributed by atoms with van der Waals surface area (Å²) in [4.78, 5) is 2.61. The standard InChI is InChI=1S/C14H22N2OS/c1-3-11(4-2)16(9-10-17)13-8-6-5-7-12(13)14(15)18/h5-8,11,17H,3-4,9-10H2,1-2H3,(H2,15,18). The van der Waals surface area contributed by atoms with Gasteiger partial charge >= 0.3 is 0 Å². The normalized spacial score (nSPS) is 10.7. The van der Waals surface area contributed by atoms with E-state index in [4.69, 9.17) is 18.0 Å². The van der Waals surface area contributed by atoms with E-state index in [9.17, 15) is 5.11 Å². The quantitative estimate of drug-likeness (QED) is 0.744. The fraction of sp³-hybridized carbons (Fsp3) is 0.500. The van der Waals surface area contributed by atoms with Gasteiger partial charge in [-0.05, 0) is 25.0 Å². The molecule has 3 nitrogen and oxygen atoms in total. The van der Waals surface area contributed by atoms with Crippen LogP contribution in [0.2, 0.25) is 0 Å². The first-order chi connectivity index (χ1) is 8.65. The van der Waals surface area contributed by atoms with Crippen molar-refractivity contribution in [2.45, 2.75) is 32.7 Å². The number of thiocarbonyl (C=S) groups is 1. The first-order valence-corrected chi connectivity index (χ1v) is 6.82. The molecule has 0 spiro atoms. The van der Waals surface area contributed by atoms with Crippen molar-refractivity contribution >= 4 is 22.9 Å². The SMILES string of the molecule is CCC(CC)N(CCO)c1ccccc1C(N)=S. The van der Waals surface area contributed by atoms with Crippen molar-refractivity contribution < 1.29 is 5.11 Å². The summed E-state index contributed by atoms with van der Waals surface area (Å²) < 4.78 is 0. The highest BCUT2D eigenvalue weighted by atomic mass is 32.1. The second-order valence-corrected chi connectivity index (χ2v) is 4.71. The Morgan fingerprint density at radius 1 is 1.33 bits per heavy atom. The van der Waals surface area contributed by atoms with Crippen molar-refractivity contribution in [3.63, 3.8) is 0 Å². The Kier molecular flexibility index (Phi) is 6.09. The number of nitrogens with zero attached hydrogens (tertiary/aromatic N) is 1. The maximum atomic E-state index is 9.26. The van der Waals surface area contributed by atoms with Gasteiger partial charge in [-0.1, -0.05) is 38.2 Å². The van der Waals surface area contributed by atoms with E-state index in [0.717, 1.165) is 24.1 Å². The number of aliphatic hydroxyl groups is 1. The van der Waals surface area contributed by atoms with Crippen LogP contribution in [0.5, 0.6) is 0 Å². The lowest BCUT2D eigenvalue weighted by Crippen LogP contribution is -2.38. The molecule has 1 aromatic rings. The molecule has 0 radical (unpaired) electrons. The summed E-state index contributed by atoms with van der Waals surface area (Å²) in [7, 11) is 0. The average Bonchev–Trinajstić information content (AvgIpc) is 2.39. The van der Waals surface area contributed by atoms with Crippen LogP contribution in [0.3, 0.4) is 0 Å². The third-order valence-corrected chi connectivity index (χ3v) is 3.42. The third-order valence-electron chi connectivity index (χ3n) is 3.20. The largest absolute Gasteiger partial charge is 0.395 e. The number of nitrogens with two attached hydrogens (primary N) is 1. The van der Waals surface area contributed by atoms with Crippen LogP contribution in [-0.2, 0) is 0 Å². The molecule has 0 bridgehead atoms. The molecule has 0 aromatic heterocycles. The minimum atomic E-state index is 0.127. The summed E-state index contributed by atoms with van der Waals surface area (Å²) in [6.07, 6.45) is 2.06. The average molecular weight is 266 g/mol. The number of aliphatic hydroxyl groups excluding tert-OH is 1.